The van der Waals surface area contributed by atoms with Crippen molar-refractivity contribution in [1.29, 1.82) is 0 Å². The lowest BCUT2D eigenvalue weighted by atomic mass is 10.2. The highest BCUT2D eigenvalue weighted by Crippen LogP contribution is 2.38. The summed E-state index contributed by atoms with van der Waals surface area (Å²) in [6.07, 6.45) is 1.38. The number of amides is 1. The molecular formula is C24H24N2O6. The molecule has 0 atom stereocenters. The van der Waals surface area contributed by atoms with Crippen molar-refractivity contribution in [3.8, 4) is 28.7 Å². The maximum absolute atomic E-state index is 12.2. The number of hydrogen-bond donors (Lipinski definition) is 2. The number of hydrazone groups is 1. The molecule has 0 aliphatic carbocycles. The number of methoxy groups -OCH3 is 3. The van der Waals surface area contributed by atoms with Gasteiger partial charge in [-0.2, -0.15) is 5.10 Å². The van der Waals surface area contributed by atoms with E-state index in [2.05, 4.69) is 10.5 Å². The monoisotopic (exact) mass is 436 g/mol. The molecule has 0 saturated heterocycles. The Labute approximate surface area is 186 Å². The molecule has 0 bridgehead atoms. The minimum absolute atomic E-state index is 0.0825. The third-order valence-electron chi connectivity index (χ3n) is 4.55. The van der Waals surface area contributed by atoms with Gasteiger partial charge in [0.05, 0.1) is 27.5 Å². The Balaban J connectivity index is 1.60. The summed E-state index contributed by atoms with van der Waals surface area (Å²) in [4.78, 5) is 12.2. The second-order valence-electron chi connectivity index (χ2n) is 6.60. The first-order valence-electron chi connectivity index (χ1n) is 9.69. The molecule has 0 aliphatic heterocycles. The number of rotatable bonds is 9. The summed E-state index contributed by atoms with van der Waals surface area (Å²) in [5.41, 5.74) is 4.18. The van der Waals surface area contributed by atoms with Gasteiger partial charge < -0.3 is 24.1 Å². The molecule has 0 unspecified atom stereocenters. The predicted molar refractivity (Wildman–Crippen MR) is 120 cm³/mol. The van der Waals surface area contributed by atoms with E-state index in [4.69, 9.17) is 18.9 Å². The number of carbonyl (C=O) groups excluding carboxylic acids is 1. The number of phenols is 1. The minimum Gasteiger partial charge on any atom is -0.507 e. The molecule has 32 heavy (non-hydrogen) atoms. The van der Waals surface area contributed by atoms with E-state index in [0.29, 0.717) is 34.1 Å². The van der Waals surface area contributed by atoms with E-state index in [0.717, 1.165) is 5.56 Å². The summed E-state index contributed by atoms with van der Waals surface area (Å²) in [6.45, 7) is 0.271. The molecule has 166 valence electrons. The van der Waals surface area contributed by atoms with Crippen LogP contribution in [-0.4, -0.2) is 38.6 Å². The number of nitrogens with zero attached hydrogens (tertiary/aromatic N) is 1. The summed E-state index contributed by atoms with van der Waals surface area (Å²) in [5.74, 6) is 1.89. The van der Waals surface area contributed by atoms with E-state index >= 15 is 0 Å². The highest BCUT2D eigenvalue weighted by molar-refractivity contribution is 5.95. The molecule has 3 rings (SSSR count). The first-order chi connectivity index (χ1) is 15.5. The Kier molecular flexibility index (Phi) is 7.53. The first kappa shape index (κ1) is 22.5. The van der Waals surface area contributed by atoms with Crippen LogP contribution in [0.3, 0.4) is 0 Å². The lowest BCUT2D eigenvalue weighted by Gasteiger charge is -2.14. The van der Waals surface area contributed by atoms with Gasteiger partial charge >= 0.3 is 0 Å². The van der Waals surface area contributed by atoms with Gasteiger partial charge in [-0.05, 0) is 54.1 Å². The van der Waals surface area contributed by atoms with Gasteiger partial charge in [0.15, 0.2) is 11.5 Å². The molecule has 8 heteroatoms. The molecule has 3 aromatic rings. The van der Waals surface area contributed by atoms with Crippen LogP contribution in [0.2, 0.25) is 0 Å². The summed E-state index contributed by atoms with van der Waals surface area (Å²) < 4.78 is 21.8. The van der Waals surface area contributed by atoms with Crippen LogP contribution in [-0.2, 0) is 6.61 Å². The SMILES string of the molecule is COc1cc(COc2ccc(C(=O)N/N=C/c3ccccc3O)cc2)cc(OC)c1OC. The van der Waals surface area contributed by atoms with Crippen molar-refractivity contribution in [3.05, 3.63) is 77.4 Å². The van der Waals surface area contributed by atoms with Gasteiger partial charge in [0.1, 0.15) is 18.1 Å². The zero-order chi connectivity index (χ0) is 22.9. The maximum Gasteiger partial charge on any atom is 0.271 e. The van der Waals surface area contributed by atoms with Gasteiger partial charge in [-0.1, -0.05) is 12.1 Å². The van der Waals surface area contributed by atoms with E-state index in [1.54, 1.807) is 69.9 Å². The van der Waals surface area contributed by atoms with Gasteiger partial charge in [-0.15, -0.1) is 0 Å². The molecule has 3 aromatic carbocycles. The Bertz CT molecular complexity index is 1070. The van der Waals surface area contributed by atoms with Crippen molar-refractivity contribution in [2.75, 3.05) is 21.3 Å². The van der Waals surface area contributed by atoms with Gasteiger partial charge in [0.25, 0.3) is 5.91 Å². The van der Waals surface area contributed by atoms with Crippen LogP contribution in [0.15, 0.2) is 65.8 Å². The van der Waals surface area contributed by atoms with Gasteiger partial charge in [-0.25, -0.2) is 5.43 Å². The largest absolute Gasteiger partial charge is 0.507 e. The van der Waals surface area contributed by atoms with E-state index in [1.165, 1.54) is 6.21 Å². The van der Waals surface area contributed by atoms with E-state index in [9.17, 15) is 9.90 Å². The topological polar surface area (TPSA) is 98.6 Å². The Hall–Kier alpha value is -4.20. The Morgan fingerprint density at radius 3 is 2.22 bits per heavy atom. The van der Waals surface area contributed by atoms with Crippen molar-refractivity contribution in [2.45, 2.75) is 6.61 Å². The zero-order valence-electron chi connectivity index (χ0n) is 18.0. The van der Waals surface area contributed by atoms with E-state index in [-0.39, 0.29) is 18.3 Å². The van der Waals surface area contributed by atoms with Crippen molar-refractivity contribution in [2.24, 2.45) is 5.10 Å². The van der Waals surface area contributed by atoms with Crippen LogP contribution in [0.4, 0.5) is 0 Å². The predicted octanol–water partition coefficient (Wildman–Crippen LogP) is 3.76. The van der Waals surface area contributed by atoms with Crippen LogP contribution in [0.25, 0.3) is 0 Å². The molecule has 2 N–H and O–H groups in total. The van der Waals surface area contributed by atoms with Crippen LogP contribution in [0.5, 0.6) is 28.7 Å². The number of para-hydroxylation sites is 1. The van der Waals surface area contributed by atoms with E-state index < -0.39 is 0 Å². The molecule has 0 aliphatic rings. The molecule has 1 amide bonds. The fourth-order valence-electron chi connectivity index (χ4n) is 2.91. The highest BCUT2D eigenvalue weighted by atomic mass is 16.5. The molecule has 0 fully saturated rings. The summed E-state index contributed by atoms with van der Waals surface area (Å²) in [7, 11) is 4.65. The smallest absolute Gasteiger partial charge is 0.271 e. The maximum atomic E-state index is 12.2. The van der Waals surface area contributed by atoms with Crippen LogP contribution in [0, 0.1) is 0 Å². The number of benzene rings is 3. The summed E-state index contributed by atoms with van der Waals surface area (Å²) in [5, 5.41) is 13.6. The normalized spacial score (nSPS) is 10.6. The molecule has 0 aromatic heterocycles. The van der Waals surface area contributed by atoms with Crippen LogP contribution < -0.4 is 24.4 Å². The molecule has 0 saturated carbocycles. The third kappa shape index (κ3) is 5.48. The number of hydrogen-bond acceptors (Lipinski definition) is 7. The van der Waals surface area contributed by atoms with Gasteiger partial charge in [0.2, 0.25) is 5.75 Å². The number of phenolic OH excluding ortho intramolecular Hbond substituents is 1. The summed E-state index contributed by atoms with van der Waals surface area (Å²) >= 11 is 0. The lowest BCUT2D eigenvalue weighted by Crippen LogP contribution is -2.17. The van der Waals surface area contributed by atoms with Crippen molar-refractivity contribution < 1.29 is 28.8 Å². The van der Waals surface area contributed by atoms with Crippen LogP contribution in [0.1, 0.15) is 21.5 Å². The fourth-order valence-corrected chi connectivity index (χ4v) is 2.91. The molecular weight excluding hydrogens is 412 g/mol. The lowest BCUT2D eigenvalue weighted by molar-refractivity contribution is 0.0955. The molecule has 0 radical (unpaired) electrons. The molecule has 0 heterocycles. The summed E-state index contributed by atoms with van der Waals surface area (Å²) in [6, 6.07) is 17.0. The Morgan fingerprint density at radius 1 is 0.969 bits per heavy atom. The van der Waals surface area contributed by atoms with E-state index in [1.807, 2.05) is 12.1 Å². The average molecular weight is 436 g/mol. The quantitative estimate of drug-likeness (QED) is 0.392. The highest BCUT2D eigenvalue weighted by Gasteiger charge is 2.13. The Morgan fingerprint density at radius 2 is 1.62 bits per heavy atom. The number of ether oxygens (including phenoxy) is 4. The number of nitrogens with one attached hydrogen (secondary N) is 1. The fraction of sp³-hybridized carbons (Fsp3) is 0.167. The standard InChI is InChI=1S/C24H24N2O6/c1-29-21-12-16(13-22(30-2)23(21)31-3)15-32-19-10-8-17(9-11-19)24(28)26-25-14-18-6-4-5-7-20(18)27/h4-14,27H,15H2,1-3H3,(H,26,28)/b25-14+. The average Bonchev–Trinajstić information content (AvgIpc) is 2.83. The van der Waals surface area contributed by atoms with Crippen LogP contribution >= 0.6 is 0 Å². The second-order valence-corrected chi connectivity index (χ2v) is 6.60. The number of aromatic hydroxyl groups is 1. The van der Waals surface area contributed by atoms with Gasteiger partial charge in [0, 0.05) is 11.1 Å². The van der Waals surface area contributed by atoms with Gasteiger partial charge in [-0.3, -0.25) is 4.79 Å². The second kappa shape index (κ2) is 10.7. The number of carbonyl (C=O) groups is 1. The molecule has 8 nitrogen and oxygen atoms in total. The van der Waals surface area contributed by atoms with Crippen molar-refractivity contribution >= 4 is 12.1 Å². The minimum atomic E-state index is -0.382. The van der Waals surface area contributed by atoms with Crippen molar-refractivity contribution in [3.63, 3.8) is 0 Å². The van der Waals surface area contributed by atoms with Crippen molar-refractivity contribution in [1.82, 2.24) is 5.43 Å². The first-order valence-corrected chi connectivity index (χ1v) is 9.69. The zero-order valence-corrected chi connectivity index (χ0v) is 18.0. The third-order valence-corrected chi connectivity index (χ3v) is 4.55. The molecule has 0 spiro atoms.